The number of rotatable bonds is 9. The smallest absolute Gasteiger partial charge is 0.367 e. The van der Waals surface area contributed by atoms with E-state index in [-0.39, 0.29) is 12.5 Å². The first kappa shape index (κ1) is 16.4. The Kier molecular flexibility index (Phi) is 8.73. The lowest BCUT2D eigenvalue weighted by molar-refractivity contribution is -0.0486. The van der Waals surface area contributed by atoms with Crippen LogP contribution in [0, 0.1) is 0 Å². The predicted molar refractivity (Wildman–Crippen MR) is 65.5 cm³/mol. The molecule has 0 radical (unpaired) electrons. The van der Waals surface area contributed by atoms with Gasteiger partial charge in [-0.05, 0) is 31.9 Å². The third kappa shape index (κ3) is 8.56. The van der Waals surface area contributed by atoms with Crippen molar-refractivity contribution in [3.63, 3.8) is 0 Å². The van der Waals surface area contributed by atoms with E-state index in [9.17, 15) is 9.46 Å². The van der Waals surface area contributed by atoms with Crippen molar-refractivity contribution in [3.8, 4) is 0 Å². The Hall–Kier alpha value is 0.420. The Morgan fingerprint density at radius 1 is 1.38 bits per heavy atom. The van der Waals surface area contributed by atoms with E-state index in [1.807, 2.05) is 0 Å². The lowest BCUT2D eigenvalue weighted by atomic mass is 10.2. The topological polar surface area (TPSA) is 76.0 Å². The molecule has 0 aliphatic rings. The van der Waals surface area contributed by atoms with Gasteiger partial charge in [0, 0.05) is 0 Å². The Balaban J connectivity index is 3.90. The van der Waals surface area contributed by atoms with Gasteiger partial charge in [0.2, 0.25) is 0 Å². The zero-order valence-corrected chi connectivity index (χ0v) is 11.5. The number of aliphatic hydroxyl groups excluding tert-OH is 1. The molecule has 5 nitrogen and oxygen atoms in total. The van der Waals surface area contributed by atoms with Gasteiger partial charge in [0.05, 0.1) is 6.10 Å². The molecule has 0 rings (SSSR count). The molecule has 0 bridgehead atoms. The standard InChI is InChI=1S/C9H21O5PS/c1-3-9(10)14-15(11,12)13-8(2)6-4-5-7-16/h8-10,16H,3-7H2,1-2H3,(H,11,12). The molecule has 2 N–H and O–H groups in total. The van der Waals surface area contributed by atoms with Crippen LogP contribution in [0.5, 0.6) is 0 Å². The highest BCUT2D eigenvalue weighted by molar-refractivity contribution is 7.80. The summed E-state index contributed by atoms with van der Waals surface area (Å²) in [5.74, 6) is 0.786. The Morgan fingerprint density at radius 2 is 2.00 bits per heavy atom. The van der Waals surface area contributed by atoms with Crippen LogP contribution in [0.2, 0.25) is 0 Å². The van der Waals surface area contributed by atoms with Crippen molar-refractivity contribution in [2.75, 3.05) is 5.75 Å². The third-order valence-electron chi connectivity index (χ3n) is 1.94. The molecular formula is C9H21O5PS. The largest absolute Gasteiger partial charge is 0.474 e. The maximum absolute atomic E-state index is 11.4. The molecule has 0 heterocycles. The number of aliphatic hydroxyl groups is 1. The van der Waals surface area contributed by atoms with E-state index < -0.39 is 14.1 Å². The minimum absolute atomic E-state index is 0.238. The van der Waals surface area contributed by atoms with E-state index in [1.54, 1.807) is 13.8 Å². The van der Waals surface area contributed by atoms with E-state index >= 15 is 0 Å². The fraction of sp³-hybridized carbons (Fsp3) is 1.00. The number of hydrogen-bond acceptors (Lipinski definition) is 5. The van der Waals surface area contributed by atoms with Gasteiger partial charge >= 0.3 is 7.82 Å². The first-order valence-electron chi connectivity index (χ1n) is 5.39. The summed E-state index contributed by atoms with van der Waals surface area (Å²) in [6.45, 7) is 3.34. The van der Waals surface area contributed by atoms with Gasteiger partial charge in [-0.2, -0.15) is 12.6 Å². The maximum Gasteiger partial charge on any atom is 0.474 e. The van der Waals surface area contributed by atoms with Gasteiger partial charge in [0.25, 0.3) is 0 Å². The van der Waals surface area contributed by atoms with Crippen LogP contribution in [-0.2, 0) is 13.6 Å². The van der Waals surface area contributed by atoms with Crippen molar-refractivity contribution < 1.29 is 23.6 Å². The number of thiol groups is 1. The highest BCUT2D eigenvalue weighted by Gasteiger charge is 2.27. The molecule has 0 aliphatic heterocycles. The summed E-state index contributed by atoms with van der Waals surface area (Å²) in [7, 11) is -4.14. The van der Waals surface area contributed by atoms with Crippen LogP contribution in [0.3, 0.4) is 0 Å². The summed E-state index contributed by atoms with van der Waals surface area (Å²) in [5, 5.41) is 9.08. The molecule has 0 saturated carbocycles. The number of unbranched alkanes of at least 4 members (excludes halogenated alkanes) is 1. The molecule has 0 aromatic heterocycles. The zero-order chi connectivity index (χ0) is 12.6. The number of phosphoric ester groups is 1. The number of phosphoric acid groups is 1. The van der Waals surface area contributed by atoms with E-state index in [0.29, 0.717) is 6.42 Å². The van der Waals surface area contributed by atoms with Crippen LogP contribution in [0.4, 0.5) is 0 Å². The summed E-state index contributed by atoms with van der Waals surface area (Å²) in [6, 6.07) is 0. The lowest BCUT2D eigenvalue weighted by Crippen LogP contribution is -2.13. The Morgan fingerprint density at radius 3 is 2.50 bits per heavy atom. The minimum Gasteiger partial charge on any atom is -0.367 e. The van der Waals surface area contributed by atoms with Crippen molar-refractivity contribution in [1.82, 2.24) is 0 Å². The Bertz CT molecular complexity index is 226. The van der Waals surface area contributed by atoms with E-state index in [1.165, 1.54) is 0 Å². The second kappa shape index (κ2) is 8.50. The molecule has 3 unspecified atom stereocenters. The molecule has 7 heteroatoms. The zero-order valence-electron chi connectivity index (χ0n) is 9.70. The predicted octanol–water partition coefficient (Wildman–Crippen LogP) is 2.34. The van der Waals surface area contributed by atoms with E-state index in [4.69, 9.17) is 9.63 Å². The summed E-state index contributed by atoms with van der Waals surface area (Å²) in [6.07, 6.45) is 1.07. The van der Waals surface area contributed by atoms with Crippen LogP contribution in [0.15, 0.2) is 0 Å². The van der Waals surface area contributed by atoms with Gasteiger partial charge in [-0.3, -0.25) is 9.05 Å². The molecule has 0 aliphatic carbocycles. The first-order chi connectivity index (χ1) is 7.41. The van der Waals surface area contributed by atoms with Gasteiger partial charge < -0.3 is 10.00 Å². The van der Waals surface area contributed by atoms with Gasteiger partial charge in [0.1, 0.15) is 0 Å². The third-order valence-corrected chi connectivity index (χ3v) is 3.39. The second-order valence-corrected chi connectivity index (χ2v) is 5.38. The highest BCUT2D eigenvalue weighted by Crippen LogP contribution is 2.46. The molecule has 3 atom stereocenters. The summed E-state index contributed by atoms with van der Waals surface area (Å²) in [4.78, 5) is 9.28. The second-order valence-electron chi connectivity index (χ2n) is 3.57. The number of hydrogen-bond donors (Lipinski definition) is 3. The molecule has 0 aromatic rings. The highest BCUT2D eigenvalue weighted by atomic mass is 32.1. The molecule has 0 fully saturated rings. The van der Waals surface area contributed by atoms with Crippen molar-refractivity contribution in [2.45, 2.75) is 51.9 Å². The van der Waals surface area contributed by atoms with Crippen molar-refractivity contribution in [3.05, 3.63) is 0 Å². The van der Waals surface area contributed by atoms with Crippen LogP contribution < -0.4 is 0 Å². The lowest BCUT2D eigenvalue weighted by Gasteiger charge is -2.19. The fourth-order valence-electron chi connectivity index (χ4n) is 1.08. The molecule has 98 valence electrons. The average molecular weight is 272 g/mol. The molecule has 0 spiro atoms. The SMILES string of the molecule is CCC(O)OP(=O)(O)OC(C)CCCCS. The molecular weight excluding hydrogens is 251 g/mol. The molecule has 0 amide bonds. The Labute approximate surface area is 102 Å². The van der Waals surface area contributed by atoms with E-state index in [0.717, 1.165) is 18.6 Å². The first-order valence-corrected chi connectivity index (χ1v) is 7.52. The summed E-state index contributed by atoms with van der Waals surface area (Å²) >= 11 is 4.06. The van der Waals surface area contributed by atoms with Crippen molar-refractivity contribution in [1.29, 1.82) is 0 Å². The quantitative estimate of drug-likeness (QED) is 0.260. The normalized spacial score (nSPS) is 19.1. The monoisotopic (exact) mass is 272 g/mol. The van der Waals surface area contributed by atoms with Crippen molar-refractivity contribution in [2.24, 2.45) is 0 Å². The maximum atomic E-state index is 11.4. The van der Waals surface area contributed by atoms with Crippen LogP contribution in [0.25, 0.3) is 0 Å². The summed E-state index contributed by atoms with van der Waals surface area (Å²) < 4.78 is 20.7. The minimum atomic E-state index is -4.14. The molecule has 0 saturated heterocycles. The van der Waals surface area contributed by atoms with Gasteiger partial charge in [-0.15, -0.1) is 0 Å². The van der Waals surface area contributed by atoms with Crippen LogP contribution in [-0.4, -0.2) is 28.1 Å². The van der Waals surface area contributed by atoms with Gasteiger partial charge in [-0.1, -0.05) is 13.3 Å². The molecule has 16 heavy (non-hydrogen) atoms. The van der Waals surface area contributed by atoms with Crippen LogP contribution in [0.1, 0.15) is 39.5 Å². The molecule has 0 aromatic carbocycles. The average Bonchev–Trinajstić information content (AvgIpc) is 2.16. The van der Waals surface area contributed by atoms with Gasteiger partial charge in [-0.25, -0.2) is 4.57 Å². The van der Waals surface area contributed by atoms with Gasteiger partial charge in [0.15, 0.2) is 6.29 Å². The van der Waals surface area contributed by atoms with E-state index in [2.05, 4.69) is 17.2 Å². The fourth-order valence-corrected chi connectivity index (χ4v) is 2.37. The van der Waals surface area contributed by atoms with Crippen LogP contribution >= 0.6 is 20.5 Å². The van der Waals surface area contributed by atoms with Crippen molar-refractivity contribution >= 4 is 20.5 Å². The summed E-state index contributed by atoms with van der Waals surface area (Å²) in [5.41, 5.74) is 0.